The lowest BCUT2D eigenvalue weighted by molar-refractivity contribution is 0.0161. The summed E-state index contributed by atoms with van der Waals surface area (Å²) in [7, 11) is 0. The lowest BCUT2D eigenvalue weighted by Gasteiger charge is -2.34. The van der Waals surface area contributed by atoms with Crippen molar-refractivity contribution in [1.82, 2.24) is 15.2 Å². The number of ether oxygens (including phenoxy) is 1. The molecule has 1 N–H and O–H groups in total. The summed E-state index contributed by atoms with van der Waals surface area (Å²) in [6.07, 6.45) is 3.61. The number of hydrogen-bond donors (Lipinski definition) is 1. The molecule has 2 aromatic rings. The molecule has 0 aliphatic carbocycles. The van der Waals surface area contributed by atoms with Gasteiger partial charge in [-0.05, 0) is 30.7 Å². The Morgan fingerprint density at radius 2 is 2.16 bits per heavy atom. The molecular formula is C19H22ClN3O2. The van der Waals surface area contributed by atoms with Gasteiger partial charge in [0.15, 0.2) is 0 Å². The minimum Gasteiger partial charge on any atom is -0.379 e. The summed E-state index contributed by atoms with van der Waals surface area (Å²) in [6.45, 7) is 5.51. The molecule has 3 rings (SSSR count). The number of nitrogens with zero attached hydrogens (tertiary/aromatic N) is 2. The number of nitrogens with one attached hydrogen (secondary N) is 1. The quantitative estimate of drug-likeness (QED) is 0.891. The van der Waals surface area contributed by atoms with Gasteiger partial charge in [-0.2, -0.15) is 0 Å². The highest BCUT2D eigenvalue weighted by molar-refractivity contribution is 6.33. The van der Waals surface area contributed by atoms with Gasteiger partial charge in [0.05, 0.1) is 29.8 Å². The highest BCUT2D eigenvalue weighted by Crippen LogP contribution is 2.21. The summed E-state index contributed by atoms with van der Waals surface area (Å²) >= 11 is 6.17. The molecule has 5 nitrogen and oxygen atoms in total. The third-order valence-electron chi connectivity index (χ3n) is 4.38. The Kier molecular flexibility index (Phi) is 6.02. The van der Waals surface area contributed by atoms with E-state index in [1.165, 1.54) is 0 Å². The van der Waals surface area contributed by atoms with E-state index in [1.807, 2.05) is 37.4 Å². The Bertz CT molecular complexity index is 718. The van der Waals surface area contributed by atoms with Gasteiger partial charge in [0.2, 0.25) is 0 Å². The lowest BCUT2D eigenvalue weighted by atomic mass is 10.1. The monoisotopic (exact) mass is 359 g/mol. The van der Waals surface area contributed by atoms with Crippen LogP contribution in [-0.2, 0) is 4.74 Å². The van der Waals surface area contributed by atoms with Crippen LogP contribution in [0.25, 0.3) is 0 Å². The normalized spacial score (nSPS) is 16.4. The average Bonchev–Trinajstić information content (AvgIpc) is 2.65. The number of halogens is 1. The van der Waals surface area contributed by atoms with Gasteiger partial charge in [0.25, 0.3) is 5.91 Å². The Labute approximate surface area is 153 Å². The average molecular weight is 360 g/mol. The van der Waals surface area contributed by atoms with Crippen LogP contribution in [-0.4, -0.2) is 48.6 Å². The SMILES string of the molecule is Cc1ccc(Cl)c(C(=O)NCC(c2cccnc2)N2CCOCC2)c1. The molecule has 6 heteroatoms. The summed E-state index contributed by atoms with van der Waals surface area (Å²) in [5.41, 5.74) is 2.60. The maximum absolute atomic E-state index is 12.6. The molecule has 25 heavy (non-hydrogen) atoms. The number of morpholine rings is 1. The van der Waals surface area contributed by atoms with Crippen molar-refractivity contribution in [3.8, 4) is 0 Å². The molecule has 0 radical (unpaired) electrons. The van der Waals surface area contributed by atoms with Gasteiger partial charge in [0.1, 0.15) is 0 Å². The van der Waals surface area contributed by atoms with Crippen molar-refractivity contribution in [3.05, 3.63) is 64.4 Å². The second-order valence-electron chi connectivity index (χ2n) is 6.14. The third-order valence-corrected chi connectivity index (χ3v) is 4.71. The molecule has 1 fully saturated rings. The zero-order valence-electron chi connectivity index (χ0n) is 14.2. The van der Waals surface area contributed by atoms with Gasteiger partial charge in [-0.15, -0.1) is 0 Å². The molecule has 1 aromatic carbocycles. The molecule has 1 amide bonds. The molecule has 1 unspecified atom stereocenters. The van der Waals surface area contributed by atoms with Crippen LogP contribution >= 0.6 is 11.6 Å². The van der Waals surface area contributed by atoms with E-state index in [-0.39, 0.29) is 11.9 Å². The summed E-state index contributed by atoms with van der Waals surface area (Å²) in [5.74, 6) is -0.157. The number of hydrogen-bond acceptors (Lipinski definition) is 4. The summed E-state index contributed by atoms with van der Waals surface area (Å²) < 4.78 is 5.45. The second kappa shape index (κ2) is 8.43. The molecule has 2 heterocycles. The van der Waals surface area contributed by atoms with Crippen LogP contribution in [0.5, 0.6) is 0 Å². The van der Waals surface area contributed by atoms with E-state index in [0.29, 0.717) is 30.3 Å². The number of pyridine rings is 1. The molecule has 1 atom stereocenters. The van der Waals surface area contributed by atoms with Crippen molar-refractivity contribution in [3.63, 3.8) is 0 Å². The first-order valence-electron chi connectivity index (χ1n) is 8.41. The Morgan fingerprint density at radius 1 is 1.36 bits per heavy atom. The van der Waals surface area contributed by atoms with E-state index in [0.717, 1.165) is 24.2 Å². The topological polar surface area (TPSA) is 54.5 Å². The van der Waals surface area contributed by atoms with Gasteiger partial charge in [-0.25, -0.2) is 0 Å². The second-order valence-corrected chi connectivity index (χ2v) is 6.55. The molecule has 0 bridgehead atoms. The smallest absolute Gasteiger partial charge is 0.252 e. The van der Waals surface area contributed by atoms with Crippen LogP contribution in [0.3, 0.4) is 0 Å². The van der Waals surface area contributed by atoms with Gasteiger partial charge in [-0.1, -0.05) is 29.3 Å². The predicted octanol–water partition coefficient (Wildman–Crippen LogP) is 2.85. The number of carbonyl (C=O) groups excluding carboxylic acids is 1. The van der Waals surface area contributed by atoms with Crippen molar-refractivity contribution >= 4 is 17.5 Å². The van der Waals surface area contributed by atoms with Crippen LogP contribution in [0.2, 0.25) is 5.02 Å². The first kappa shape index (κ1) is 17.9. The van der Waals surface area contributed by atoms with Gasteiger partial charge in [0, 0.05) is 32.0 Å². The summed E-state index contributed by atoms with van der Waals surface area (Å²) in [4.78, 5) is 19.1. The van der Waals surface area contributed by atoms with Crippen molar-refractivity contribution in [2.45, 2.75) is 13.0 Å². The molecule has 1 saturated heterocycles. The maximum atomic E-state index is 12.6. The van der Waals surface area contributed by atoms with Crippen molar-refractivity contribution in [1.29, 1.82) is 0 Å². The molecule has 1 aliphatic rings. The van der Waals surface area contributed by atoms with E-state index >= 15 is 0 Å². The highest BCUT2D eigenvalue weighted by atomic mass is 35.5. The Morgan fingerprint density at radius 3 is 2.88 bits per heavy atom. The summed E-state index contributed by atoms with van der Waals surface area (Å²) in [6, 6.07) is 9.48. The fraction of sp³-hybridized carbons (Fsp3) is 0.368. The van der Waals surface area contributed by atoms with E-state index < -0.39 is 0 Å². The number of aromatic nitrogens is 1. The summed E-state index contributed by atoms with van der Waals surface area (Å²) in [5, 5.41) is 3.49. The molecule has 1 aromatic heterocycles. The zero-order chi connectivity index (χ0) is 17.6. The van der Waals surface area contributed by atoms with E-state index in [9.17, 15) is 4.79 Å². The third kappa shape index (κ3) is 4.57. The maximum Gasteiger partial charge on any atom is 0.252 e. The van der Waals surface area contributed by atoms with Crippen LogP contribution in [0, 0.1) is 6.92 Å². The molecule has 0 spiro atoms. The van der Waals surface area contributed by atoms with E-state index in [4.69, 9.17) is 16.3 Å². The van der Waals surface area contributed by atoms with Crippen LogP contribution in [0.1, 0.15) is 27.5 Å². The number of aryl methyl sites for hydroxylation is 1. The largest absolute Gasteiger partial charge is 0.379 e. The number of amides is 1. The van der Waals surface area contributed by atoms with Gasteiger partial charge < -0.3 is 10.1 Å². The Balaban J connectivity index is 1.74. The Hall–Kier alpha value is -1.95. The molecular weight excluding hydrogens is 338 g/mol. The zero-order valence-corrected chi connectivity index (χ0v) is 15.0. The van der Waals surface area contributed by atoms with Crippen LogP contribution in [0.4, 0.5) is 0 Å². The standard InChI is InChI=1S/C19H22ClN3O2/c1-14-4-5-17(20)16(11-14)19(24)22-13-18(15-3-2-6-21-12-15)23-7-9-25-10-8-23/h2-6,11-12,18H,7-10,13H2,1H3,(H,22,24). The van der Waals surface area contributed by atoms with Crippen LogP contribution in [0.15, 0.2) is 42.7 Å². The van der Waals surface area contributed by atoms with Crippen molar-refractivity contribution in [2.24, 2.45) is 0 Å². The first-order valence-corrected chi connectivity index (χ1v) is 8.79. The molecule has 1 aliphatic heterocycles. The fourth-order valence-corrected chi connectivity index (χ4v) is 3.22. The lowest BCUT2D eigenvalue weighted by Crippen LogP contribution is -2.43. The minimum atomic E-state index is -0.157. The van der Waals surface area contributed by atoms with E-state index in [2.05, 4.69) is 15.2 Å². The molecule has 132 valence electrons. The fourth-order valence-electron chi connectivity index (χ4n) is 3.02. The number of rotatable bonds is 5. The van der Waals surface area contributed by atoms with Crippen LogP contribution < -0.4 is 5.32 Å². The molecule has 0 saturated carbocycles. The van der Waals surface area contributed by atoms with Crippen molar-refractivity contribution < 1.29 is 9.53 Å². The highest BCUT2D eigenvalue weighted by Gasteiger charge is 2.24. The van der Waals surface area contributed by atoms with Gasteiger partial charge >= 0.3 is 0 Å². The predicted molar refractivity (Wildman–Crippen MR) is 97.9 cm³/mol. The number of carbonyl (C=O) groups is 1. The first-order chi connectivity index (χ1) is 12.1. The van der Waals surface area contributed by atoms with Gasteiger partial charge in [-0.3, -0.25) is 14.7 Å². The number of benzene rings is 1. The van der Waals surface area contributed by atoms with E-state index in [1.54, 1.807) is 12.3 Å². The van der Waals surface area contributed by atoms with Crippen molar-refractivity contribution in [2.75, 3.05) is 32.8 Å². The minimum absolute atomic E-state index is 0.0603.